The Kier molecular flexibility index (Phi) is 5.95. The number of thiazole rings is 1. The Balaban J connectivity index is 1.93. The highest BCUT2D eigenvalue weighted by Crippen LogP contribution is 2.37. The lowest BCUT2D eigenvalue weighted by atomic mass is 10.2. The van der Waals surface area contributed by atoms with Crippen molar-refractivity contribution < 1.29 is 17.9 Å². The monoisotopic (exact) mass is 488 g/mol. The van der Waals surface area contributed by atoms with Crippen LogP contribution in [0.1, 0.15) is 0 Å². The Bertz CT molecular complexity index is 1090. The molecule has 6 nitrogen and oxygen atoms in total. The third kappa shape index (κ3) is 4.21. The van der Waals surface area contributed by atoms with Crippen molar-refractivity contribution in [3.63, 3.8) is 0 Å². The number of ether oxygens (including phenoxy) is 2. The summed E-state index contributed by atoms with van der Waals surface area (Å²) in [6.45, 7) is 0. The minimum absolute atomic E-state index is 0.00893. The lowest BCUT2D eigenvalue weighted by Crippen LogP contribution is -2.13. The maximum Gasteiger partial charge on any atom is 0.264 e. The second kappa shape index (κ2) is 8.05. The van der Waals surface area contributed by atoms with Crippen LogP contribution >= 0.6 is 38.9 Å². The van der Waals surface area contributed by atoms with Gasteiger partial charge in [0.05, 0.1) is 19.9 Å². The summed E-state index contributed by atoms with van der Waals surface area (Å²) in [6, 6.07) is 10.1. The first-order chi connectivity index (χ1) is 12.9. The van der Waals surface area contributed by atoms with E-state index in [1.165, 1.54) is 37.7 Å². The predicted octanol–water partition coefficient (Wildman–Crippen LogP) is 5.04. The van der Waals surface area contributed by atoms with Gasteiger partial charge in [-0.2, -0.15) is 0 Å². The van der Waals surface area contributed by atoms with Gasteiger partial charge in [0.25, 0.3) is 10.0 Å². The van der Waals surface area contributed by atoms with E-state index < -0.39 is 10.0 Å². The summed E-state index contributed by atoms with van der Waals surface area (Å²) >= 11 is 10.6. The van der Waals surface area contributed by atoms with Crippen LogP contribution < -0.4 is 14.2 Å². The molecule has 0 aliphatic heterocycles. The topological polar surface area (TPSA) is 77.5 Å². The van der Waals surface area contributed by atoms with Crippen LogP contribution in [0.4, 0.5) is 5.13 Å². The van der Waals surface area contributed by atoms with E-state index >= 15 is 0 Å². The number of aromatic nitrogens is 1. The van der Waals surface area contributed by atoms with Gasteiger partial charge in [-0.1, -0.05) is 29.8 Å². The Morgan fingerprint density at radius 2 is 1.81 bits per heavy atom. The number of sulfonamides is 1. The SMILES string of the molecule is COc1cc(Br)c(S(=O)(=O)Nc2nc(-c3ccccc3Cl)cs2)cc1OC. The smallest absolute Gasteiger partial charge is 0.264 e. The van der Waals surface area contributed by atoms with Crippen LogP contribution in [0.2, 0.25) is 5.02 Å². The standard InChI is InChI=1S/C17H14BrClN2O4S2/c1-24-14-7-11(18)16(8-15(14)25-2)27(22,23)21-17-20-13(9-26-17)10-5-3-4-6-12(10)19/h3-9H,1-2H3,(H,20,21). The van der Waals surface area contributed by atoms with Crippen molar-refractivity contribution in [1.29, 1.82) is 0 Å². The van der Waals surface area contributed by atoms with E-state index in [0.29, 0.717) is 26.7 Å². The Hall–Kier alpha value is -1.81. The third-order valence-corrected chi connectivity index (χ3v) is 7.12. The van der Waals surface area contributed by atoms with Crippen LogP contribution in [0.15, 0.2) is 51.1 Å². The summed E-state index contributed by atoms with van der Waals surface area (Å²) in [5.41, 5.74) is 1.32. The van der Waals surface area contributed by atoms with Crippen LogP contribution in [0.5, 0.6) is 11.5 Å². The molecule has 3 aromatic rings. The van der Waals surface area contributed by atoms with Crippen molar-refractivity contribution in [3.8, 4) is 22.8 Å². The average Bonchev–Trinajstić information content (AvgIpc) is 3.09. The number of anilines is 1. The minimum Gasteiger partial charge on any atom is -0.493 e. The Morgan fingerprint density at radius 1 is 1.15 bits per heavy atom. The van der Waals surface area contributed by atoms with Gasteiger partial charge >= 0.3 is 0 Å². The summed E-state index contributed by atoms with van der Waals surface area (Å²) in [5, 5.41) is 2.51. The summed E-state index contributed by atoms with van der Waals surface area (Å²) < 4.78 is 38.8. The predicted molar refractivity (Wildman–Crippen MR) is 111 cm³/mol. The summed E-state index contributed by atoms with van der Waals surface area (Å²) in [4.78, 5) is 4.34. The van der Waals surface area contributed by atoms with E-state index in [9.17, 15) is 8.42 Å². The van der Waals surface area contributed by atoms with Gasteiger partial charge in [0.1, 0.15) is 4.90 Å². The van der Waals surface area contributed by atoms with Gasteiger partial charge in [0, 0.05) is 26.5 Å². The number of nitrogens with one attached hydrogen (secondary N) is 1. The first-order valence-electron chi connectivity index (χ1n) is 7.50. The van der Waals surface area contributed by atoms with Crippen LogP contribution in [0.25, 0.3) is 11.3 Å². The highest BCUT2D eigenvalue weighted by atomic mass is 79.9. The number of hydrogen-bond donors (Lipinski definition) is 1. The number of halogens is 2. The second-order valence-electron chi connectivity index (χ2n) is 5.26. The molecule has 3 rings (SSSR count). The summed E-state index contributed by atoms with van der Waals surface area (Å²) in [6.07, 6.45) is 0. The molecule has 0 bridgehead atoms. The third-order valence-electron chi connectivity index (χ3n) is 3.60. The quantitative estimate of drug-likeness (QED) is 0.525. The molecule has 0 aliphatic rings. The molecule has 1 N–H and O–H groups in total. The van der Waals surface area contributed by atoms with Gasteiger partial charge in [-0.05, 0) is 28.1 Å². The maximum absolute atomic E-state index is 12.8. The van der Waals surface area contributed by atoms with Crippen LogP contribution in [0.3, 0.4) is 0 Å². The van der Waals surface area contributed by atoms with Crippen LogP contribution in [-0.2, 0) is 10.0 Å². The molecule has 1 aromatic heterocycles. The zero-order chi connectivity index (χ0) is 19.6. The van der Waals surface area contributed by atoms with E-state index in [1.54, 1.807) is 11.4 Å². The molecular formula is C17H14BrClN2O4S2. The summed E-state index contributed by atoms with van der Waals surface area (Å²) in [5.74, 6) is 0.718. The van der Waals surface area contributed by atoms with Gasteiger partial charge in [0.15, 0.2) is 16.6 Å². The van der Waals surface area contributed by atoms with E-state index in [-0.39, 0.29) is 10.0 Å². The van der Waals surface area contributed by atoms with Crippen molar-refractivity contribution in [2.75, 3.05) is 18.9 Å². The van der Waals surface area contributed by atoms with Gasteiger partial charge in [0.2, 0.25) is 0 Å². The molecule has 0 amide bonds. The van der Waals surface area contributed by atoms with Crippen LogP contribution in [0, 0.1) is 0 Å². The molecule has 0 spiro atoms. The highest BCUT2D eigenvalue weighted by Gasteiger charge is 2.23. The van der Waals surface area contributed by atoms with Crippen LogP contribution in [-0.4, -0.2) is 27.6 Å². The Labute approximate surface area is 174 Å². The number of methoxy groups -OCH3 is 2. The number of rotatable bonds is 6. The van der Waals surface area contributed by atoms with Crippen molar-refractivity contribution in [1.82, 2.24) is 4.98 Å². The molecule has 0 saturated heterocycles. The van der Waals surface area contributed by atoms with Gasteiger partial charge in [-0.15, -0.1) is 11.3 Å². The fourth-order valence-corrected chi connectivity index (χ4v) is 5.56. The van der Waals surface area contributed by atoms with E-state index in [4.69, 9.17) is 21.1 Å². The van der Waals surface area contributed by atoms with Gasteiger partial charge < -0.3 is 9.47 Å². The lowest BCUT2D eigenvalue weighted by Gasteiger charge is -2.12. The summed E-state index contributed by atoms with van der Waals surface area (Å²) in [7, 11) is -0.987. The number of nitrogens with zero attached hydrogens (tertiary/aromatic N) is 1. The molecule has 0 fully saturated rings. The first kappa shape index (κ1) is 19.9. The molecule has 142 valence electrons. The molecule has 2 aromatic carbocycles. The molecule has 10 heteroatoms. The fraction of sp³-hybridized carbons (Fsp3) is 0.118. The molecule has 1 heterocycles. The van der Waals surface area contributed by atoms with Crippen molar-refractivity contribution >= 4 is 54.0 Å². The second-order valence-corrected chi connectivity index (χ2v) is 9.03. The first-order valence-corrected chi connectivity index (χ1v) is 11.0. The zero-order valence-electron chi connectivity index (χ0n) is 14.2. The maximum atomic E-state index is 12.8. The highest BCUT2D eigenvalue weighted by molar-refractivity contribution is 9.10. The van der Waals surface area contributed by atoms with Crippen molar-refractivity contribution in [2.45, 2.75) is 4.90 Å². The number of benzene rings is 2. The van der Waals surface area contributed by atoms with E-state index in [2.05, 4.69) is 25.6 Å². The van der Waals surface area contributed by atoms with Crippen molar-refractivity contribution in [3.05, 3.63) is 51.3 Å². The average molecular weight is 490 g/mol. The normalized spacial score (nSPS) is 11.3. The molecule has 0 aliphatic carbocycles. The molecule has 0 unspecified atom stereocenters. The van der Waals surface area contributed by atoms with Gasteiger partial charge in [-0.25, -0.2) is 13.4 Å². The molecule has 27 heavy (non-hydrogen) atoms. The molecule has 0 atom stereocenters. The van der Waals surface area contributed by atoms with Crippen molar-refractivity contribution in [2.24, 2.45) is 0 Å². The number of hydrogen-bond acceptors (Lipinski definition) is 6. The Morgan fingerprint density at radius 3 is 2.48 bits per heavy atom. The zero-order valence-corrected chi connectivity index (χ0v) is 18.2. The lowest BCUT2D eigenvalue weighted by molar-refractivity contribution is 0.353. The molecule has 0 saturated carbocycles. The molecule has 0 radical (unpaired) electrons. The van der Waals surface area contributed by atoms with E-state index in [1.807, 2.05) is 18.2 Å². The van der Waals surface area contributed by atoms with Gasteiger partial charge in [-0.3, -0.25) is 4.72 Å². The molecular weight excluding hydrogens is 476 g/mol. The largest absolute Gasteiger partial charge is 0.493 e. The minimum atomic E-state index is -3.90. The van der Waals surface area contributed by atoms with E-state index in [0.717, 1.165) is 5.56 Å². The fourth-order valence-electron chi connectivity index (χ4n) is 2.32.